The van der Waals surface area contributed by atoms with Crippen LogP contribution in [0.1, 0.15) is 44.7 Å². The summed E-state index contributed by atoms with van der Waals surface area (Å²) in [7, 11) is 5.93. The van der Waals surface area contributed by atoms with Gasteiger partial charge >= 0.3 is 0 Å². The van der Waals surface area contributed by atoms with E-state index in [1.54, 1.807) is 18.2 Å². The monoisotopic (exact) mass is 384 g/mol. The van der Waals surface area contributed by atoms with E-state index in [1.807, 2.05) is 12.1 Å². The number of hydrogen-bond donors (Lipinski definition) is 0. The second kappa shape index (κ2) is 13.7. The van der Waals surface area contributed by atoms with Crippen LogP contribution < -0.4 is 0 Å². The molecule has 0 fully saturated rings. The maximum atomic E-state index is 10.1. The molecule has 1 atom stereocenters. The Kier molecular flexibility index (Phi) is 12.5. The van der Waals surface area contributed by atoms with Crippen molar-refractivity contribution in [1.29, 1.82) is 5.26 Å². The van der Waals surface area contributed by atoms with E-state index in [0.717, 1.165) is 19.5 Å². The molecule has 0 aromatic heterocycles. The number of benzene rings is 1. The van der Waals surface area contributed by atoms with Crippen LogP contribution in [0.5, 0.6) is 0 Å². The largest absolute Gasteiger partial charge is 0.348 e. The predicted molar refractivity (Wildman–Crippen MR) is 119 cm³/mol. The summed E-state index contributed by atoms with van der Waals surface area (Å²) in [6.07, 6.45) is 6.53. The number of rotatable bonds is 8. The van der Waals surface area contributed by atoms with Gasteiger partial charge in [0.1, 0.15) is 6.54 Å². The number of nitrogens with zero attached hydrogens (tertiary/aromatic N) is 4. The van der Waals surface area contributed by atoms with E-state index >= 15 is 0 Å². The van der Waals surface area contributed by atoms with Crippen LogP contribution in [0.15, 0.2) is 41.4 Å². The van der Waals surface area contributed by atoms with Gasteiger partial charge < -0.3 is 9.80 Å². The molecular formula is C23H36N4O. The summed E-state index contributed by atoms with van der Waals surface area (Å²) in [4.78, 5) is 17.9. The minimum absolute atomic E-state index is 0.218. The van der Waals surface area contributed by atoms with Crippen molar-refractivity contribution >= 4 is 12.6 Å². The lowest BCUT2D eigenvalue weighted by molar-refractivity contribution is -0.118. The average Bonchev–Trinajstić information content (AvgIpc) is 2.60. The van der Waals surface area contributed by atoms with E-state index in [-0.39, 0.29) is 12.0 Å². The van der Waals surface area contributed by atoms with Crippen LogP contribution in [-0.2, 0) is 11.3 Å². The molecule has 0 saturated carbocycles. The summed E-state index contributed by atoms with van der Waals surface area (Å²) in [5.74, 6) is 0.343. The molecule has 0 bridgehead atoms. The van der Waals surface area contributed by atoms with Crippen molar-refractivity contribution in [2.45, 2.75) is 40.2 Å². The zero-order valence-electron chi connectivity index (χ0n) is 18.5. The van der Waals surface area contributed by atoms with Gasteiger partial charge in [0.25, 0.3) is 0 Å². The maximum Gasteiger partial charge on any atom is 0.209 e. The fourth-order valence-corrected chi connectivity index (χ4v) is 2.61. The van der Waals surface area contributed by atoms with Gasteiger partial charge in [0, 0.05) is 26.4 Å². The van der Waals surface area contributed by atoms with Gasteiger partial charge in [0.15, 0.2) is 0 Å². The molecule has 0 aliphatic rings. The molecule has 0 saturated heterocycles. The van der Waals surface area contributed by atoms with Crippen molar-refractivity contribution in [3.63, 3.8) is 0 Å². The molecule has 0 aliphatic heterocycles. The Hall–Kier alpha value is -2.45. The molecular weight excluding hydrogens is 348 g/mol. The van der Waals surface area contributed by atoms with E-state index in [1.165, 1.54) is 11.1 Å². The van der Waals surface area contributed by atoms with Gasteiger partial charge in [0.05, 0.1) is 6.07 Å². The second-order valence-corrected chi connectivity index (χ2v) is 8.39. The lowest BCUT2D eigenvalue weighted by Crippen LogP contribution is -2.27. The summed E-state index contributed by atoms with van der Waals surface area (Å²) >= 11 is 0. The Labute approximate surface area is 171 Å². The Morgan fingerprint density at radius 2 is 1.93 bits per heavy atom. The molecule has 1 unspecified atom stereocenters. The summed E-state index contributed by atoms with van der Waals surface area (Å²) in [6.45, 7) is 10.5. The minimum atomic E-state index is 0.218. The van der Waals surface area contributed by atoms with Crippen LogP contribution in [0, 0.1) is 16.7 Å². The number of carbonyl (C=O) groups excluding carboxylic acids is 1. The second-order valence-electron chi connectivity index (χ2n) is 8.39. The van der Waals surface area contributed by atoms with Gasteiger partial charge in [-0.05, 0) is 42.6 Å². The van der Waals surface area contributed by atoms with E-state index in [2.05, 4.69) is 82.0 Å². The SMILES string of the molecule is CC(/C=C\C=NCC#N)c1cccc(CN(C)C)c1.CN(C=O)CC(C)(C)C. The molecule has 5 nitrogen and oxygen atoms in total. The number of allylic oxidation sites excluding steroid dienone is 2. The van der Waals surface area contributed by atoms with E-state index in [0.29, 0.717) is 5.92 Å². The number of carbonyl (C=O) groups is 1. The summed E-state index contributed by atoms with van der Waals surface area (Å²) < 4.78 is 0. The lowest BCUT2D eigenvalue weighted by atomic mass is 9.97. The standard InChI is InChI=1S/C16H21N3.C7H15NO/c1-14(6-5-10-18-11-9-17)16-8-4-7-15(12-16)13-19(2)3;1-7(2,3)5-8(4)6-9/h4-8,10,12,14H,11,13H2,1-3H3;6H,5H2,1-4H3/b6-5-,18-10?;. The lowest BCUT2D eigenvalue weighted by Gasteiger charge is -2.22. The van der Waals surface area contributed by atoms with E-state index in [4.69, 9.17) is 5.26 Å². The topological polar surface area (TPSA) is 59.7 Å². The summed E-state index contributed by atoms with van der Waals surface area (Å²) in [5.41, 5.74) is 2.83. The summed E-state index contributed by atoms with van der Waals surface area (Å²) in [5, 5.41) is 8.36. The molecule has 0 heterocycles. The third kappa shape index (κ3) is 13.7. The van der Waals surface area contributed by atoms with Gasteiger partial charge in [-0.25, -0.2) is 0 Å². The normalized spacial score (nSPS) is 12.5. The Morgan fingerprint density at radius 3 is 2.43 bits per heavy atom. The Morgan fingerprint density at radius 1 is 1.25 bits per heavy atom. The smallest absolute Gasteiger partial charge is 0.209 e. The zero-order valence-corrected chi connectivity index (χ0v) is 18.5. The average molecular weight is 385 g/mol. The first-order chi connectivity index (χ1) is 13.1. The number of hydrogen-bond acceptors (Lipinski definition) is 4. The van der Waals surface area contributed by atoms with Crippen molar-refractivity contribution in [2.24, 2.45) is 10.4 Å². The van der Waals surface area contributed by atoms with E-state index in [9.17, 15) is 4.79 Å². The Bertz CT molecular complexity index is 666. The van der Waals surface area contributed by atoms with Gasteiger partial charge in [-0.2, -0.15) is 5.26 Å². The highest BCUT2D eigenvalue weighted by Gasteiger charge is 2.11. The third-order valence-electron chi connectivity index (χ3n) is 3.63. The first-order valence-electron chi connectivity index (χ1n) is 9.51. The minimum Gasteiger partial charge on any atom is -0.348 e. The molecule has 1 rings (SSSR count). The van der Waals surface area contributed by atoms with Crippen molar-refractivity contribution in [3.8, 4) is 6.07 Å². The molecule has 1 amide bonds. The van der Waals surface area contributed by atoms with E-state index < -0.39 is 0 Å². The summed E-state index contributed by atoms with van der Waals surface area (Å²) in [6, 6.07) is 10.6. The molecule has 28 heavy (non-hydrogen) atoms. The van der Waals surface area contributed by atoms with Crippen LogP contribution in [0.4, 0.5) is 0 Å². The molecule has 1 aromatic rings. The van der Waals surface area contributed by atoms with Crippen molar-refractivity contribution < 1.29 is 4.79 Å². The molecule has 0 aliphatic carbocycles. The number of amides is 1. The van der Waals surface area contributed by atoms with Crippen molar-refractivity contribution in [1.82, 2.24) is 9.80 Å². The quantitative estimate of drug-likeness (QED) is 0.385. The molecule has 5 heteroatoms. The Balaban J connectivity index is 0.000000684. The van der Waals surface area contributed by atoms with Gasteiger partial charge in [-0.1, -0.05) is 58.0 Å². The first-order valence-corrected chi connectivity index (χ1v) is 9.51. The van der Waals surface area contributed by atoms with Gasteiger partial charge in [-0.3, -0.25) is 9.79 Å². The van der Waals surface area contributed by atoms with Gasteiger partial charge in [-0.15, -0.1) is 0 Å². The van der Waals surface area contributed by atoms with Crippen molar-refractivity contribution in [3.05, 3.63) is 47.5 Å². The molecule has 154 valence electrons. The fraction of sp³-hybridized carbons (Fsp3) is 0.522. The van der Waals surface area contributed by atoms with Crippen LogP contribution in [0.25, 0.3) is 0 Å². The molecule has 1 aromatic carbocycles. The van der Waals surface area contributed by atoms with Crippen LogP contribution in [0.2, 0.25) is 0 Å². The molecule has 0 N–H and O–H groups in total. The predicted octanol–water partition coefficient (Wildman–Crippen LogP) is 4.12. The fourth-order valence-electron chi connectivity index (χ4n) is 2.61. The van der Waals surface area contributed by atoms with Crippen LogP contribution in [-0.4, -0.2) is 56.7 Å². The highest BCUT2D eigenvalue weighted by atomic mass is 16.1. The number of aliphatic imine (C=N–C) groups is 1. The highest BCUT2D eigenvalue weighted by Crippen LogP contribution is 2.18. The molecule has 0 radical (unpaired) electrons. The number of nitriles is 1. The third-order valence-corrected chi connectivity index (χ3v) is 3.63. The highest BCUT2D eigenvalue weighted by molar-refractivity contribution is 5.71. The maximum absolute atomic E-state index is 10.1. The van der Waals surface area contributed by atoms with Gasteiger partial charge in [0.2, 0.25) is 6.41 Å². The van der Waals surface area contributed by atoms with Crippen LogP contribution >= 0.6 is 0 Å². The van der Waals surface area contributed by atoms with Crippen LogP contribution in [0.3, 0.4) is 0 Å². The van der Waals surface area contributed by atoms with Crippen molar-refractivity contribution in [2.75, 3.05) is 34.2 Å². The zero-order chi connectivity index (χ0) is 21.6. The molecule has 0 spiro atoms. The first kappa shape index (κ1) is 25.6.